The highest BCUT2D eigenvalue weighted by atomic mass is 16.5. The Morgan fingerprint density at radius 2 is 2.00 bits per heavy atom. The Labute approximate surface area is 186 Å². The molecule has 1 aromatic heterocycles. The number of methoxy groups -OCH3 is 1. The summed E-state index contributed by atoms with van der Waals surface area (Å²) < 4.78 is 16.2. The van der Waals surface area contributed by atoms with Crippen molar-refractivity contribution in [3.63, 3.8) is 0 Å². The van der Waals surface area contributed by atoms with E-state index in [0.29, 0.717) is 47.5 Å². The maximum Gasteiger partial charge on any atom is 0.310 e. The Bertz CT molecular complexity index is 1170. The van der Waals surface area contributed by atoms with Crippen molar-refractivity contribution in [2.45, 2.75) is 26.3 Å². The highest BCUT2D eigenvalue weighted by Gasteiger charge is 2.28. The predicted molar refractivity (Wildman–Crippen MR) is 121 cm³/mol. The average Bonchev–Trinajstić information content (AvgIpc) is 2.81. The summed E-state index contributed by atoms with van der Waals surface area (Å²) in [7, 11) is 1.59. The molecule has 2 heterocycles. The fourth-order valence-corrected chi connectivity index (χ4v) is 4.25. The summed E-state index contributed by atoms with van der Waals surface area (Å²) in [6.07, 6.45) is 3.09. The number of phenols is 1. The van der Waals surface area contributed by atoms with E-state index < -0.39 is 0 Å². The average molecular weight is 437 g/mol. The van der Waals surface area contributed by atoms with Crippen LogP contribution in [0.15, 0.2) is 51.9 Å². The largest absolute Gasteiger partial charge is 0.507 e. The number of aromatic hydroxyl groups is 1. The Hall–Kier alpha value is -3.32. The number of carbonyl (C=O) groups is 1. The lowest BCUT2D eigenvalue weighted by Crippen LogP contribution is -2.39. The zero-order chi connectivity index (χ0) is 22.7. The SMILES string of the molecule is CCOC(=O)[C@@H]1CCCN(Cc2c(O)ccc3c(=O)c(-c4ccc(OC)cc4)coc23)C1. The van der Waals surface area contributed by atoms with Gasteiger partial charge in [-0.15, -0.1) is 0 Å². The van der Waals surface area contributed by atoms with Crippen LogP contribution in [0.3, 0.4) is 0 Å². The number of likely N-dealkylation sites (tertiary alicyclic amines) is 1. The van der Waals surface area contributed by atoms with Crippen molar-refractivity contribution in [3.05, 3.63) is 58.4 Å². The third-order valence-corrected chi connectivity index (χ3v) is 5.93. The molecule has 1 saturated heterocycles. The molecule has 2 aromatic carbocycles. The Kier molecular flexibility index (Phi) is 6.46. The summed E-state index contributed by atoms with van der Waals surface area (Å²) >= 11 is 0. The third kappa shape index (κ3) is 4.34. The first-order valence-electron chi connectivity index (χ1n) is 10.8. The van der Waals surface area contributed by atoms with Gasteiger partial charge < -0.3 is 19.0 Å². The molecule has 7 heteroatoms. The minimum Gasteiger partial charge on any atom is -0.507 e. The highest BCUT2D eigenvalue weighted by Crippen LogP contribution is 2.31. The molecule has 32 heavy (non-hydrogen) atoms. The van der Waals surface area contributed by atoms with E-state index in [1.54, 1.807) is 32.2 Å². The van der Waals surface area contributed by atoms with Crippen molar-refractivity contribution in [1.29, 1.82) is 0 Å². The number of esters is 1. The molecule has 1 atom stereocenters. The van der Waals surface area contributed by atoms with E-state index in [0.717, 1.165) is 24.9 Å². The summed E-state index contributed by atoms with van der Waals surface area (Å²) in [5.74, 6) is 0.398. The van der Waals surface area contributed by atoms with Crippen molar-refractivity contribution in [2.75, 3.05) is 26.8 Å². The van der Waals surface area contributed by atoms with Gasteiger partial charge in [-0.05, 0) is 56.1 Å². The van der Waals surface area contributed by atoms with Gasteiger partial charge in [0.15, 0.2) is 0 Å². The summed E-state index contributed by atoms with van der Waals surface area (Å²) in [5, 5.41) is 10.9. The van der Waals surface area contributed by atoms with Gasteiger partial charge in [0.05, 0.1) is 36.1 Å². The van der Waals surface area contributed by atoms with E-state index in [1.807, 2.05) is 12.1 Å². The minimum absolute atomic E-state index is 0.0658. The normalized spacial score (nSPS) is 16.8. The van der Waals surface area contributed by atoms with Gasteiger partial charge in [-0.2, -0.15) is 0 Å². The molecule has 4 rings (SSSR count). The number of ether oxygens (including phenoxy) is 2. The first kappa shape index (κ1) is 21.9. The van der Waals surface area contributed by atoms with E-state index >= 15 is 0 Å². The molecule has 1 aliphatic rings. The van der Waals surface area contributed by atoms with Crippen molar-refractivity contribution in [1.82, 2.24) is 4.90 Å². The second-order valence-electron chi connectivity index (χ2n) is 7.97. The molecule has 168 valence electrons. The highest BCUT2D eigenvalue weighted by molar-refractivity contribution is 5.85. The number of hydrogen-bond donors (Lipinski definition) is 1. The maximum absolute atomic E-state index is 13.2. The number of fused-ring (bicyclic) bond motifs is 1. The maximum atomic E-state index is 13.2. The van der Waals surface area contributed by atoms with Gasteiger partial charge in [0.2, 0.25) is 5.43 Å². The Morgan fingerprint density at radius 1 is 1.22 bits per heavy atom. The van der Waals surface area contributed by atoms with Crippen LogP contribution in [0.5, 0.6) is 11.5 Å². The number of piperidine rings is 1. The van der Waals surface area contributed by atoms with Gasteiger partial charge in [0, 0.05) is 13.1 Å². The molecule has 1 fully saturated rings. The van der Waals surface area contributed by atoms with Crippen molar-refractivity contribution in [3.8, 4) is 22.6 Å². The Morgan fingerprint density at radius 3 is 2.72 bits per heavy atom. The van der Waals surface area contributed by atoms with Crippen LogP contribution in [-0.2, 0) is 16.1 Å². The molecule has 0 spiro atoms. The first-order chi connectivity index (χ1) is 15.5. The minimum atomic E-state index is -0.186. The van der Waals surface area contributed by atoms with Crippen LogP contribution in [0.2, 0.25) is 0 Å². The molecule has 1 aliphatic heterocycles. The van der Waals surface area contributed by atoms with Crippen molar-refractivity contribution < 1.29 is 23.8 Å². The molecule has 3 aromatic rings. The van der Waals surface area contributed by atoms with Gasteiger partial charge >= 0.3 is 5.97 Å². The number of hydrogen-bond acceptors (Lipinski definition) is 7. The van der Waals surface area contributed by atoms with Crippen molar-refractivity contribution >= 4 is 16.9 Å². The number of benzene rings is 2. The van der Waals surface area contributed by atoms with Gasteiger partial charge in [-0.3, -0.25) is 14.5 Å². The Balaban J connectivity index is 1.65. The van der Waals surface area contributed by atoms with Crippen molar-refractivity contribution in [2.24, 2.45) is 5.92 Å². The number of rotatable bonds is 6. The smallest absolute Gasteiger partial charge is 0.310 e. The zero-order valence-electron chi connectivity index (χ0n) is 18.3. The van der Waals surface area contributed by atoms with Gasteiger partial charge in [0.25, 0.3) is 0 Å². The van der Waals surface area contributed by atoms with Crippen LogP contribution in [0, 0.1) is 5.92 Å². The molecular formula is C25H27NO6. The monoisotopic (exact) mass is 437 g/mol. The molecule has 0 saturated carbocycles. The molecule has 1 N–H and O–H groups in total. The molecule has 7 nitrogen and oxygen atoms in total. The van der Waals surface area contributed by atoms with E-state index in [2.05, 4.69) is 4.90 Å². The lowest BCUT2D eigenvalue weighted by molar-refractivity contribution is -0.150. The van der Waals surface area contributed by atoms with E-state index in [1.165, 1.54) is 12.3 Å². The number of carbonyl (C=O) groups excluding carboxylic acids is 1. The summed E-state index contributed by atoms with van der Waals surface area (Å²) in [4.78, 5) is 27.5. The molecule has 0 amide bonds. The van der Waals surface area contributed by atoms with E-state index in [9.17, 15) is 14.7 Å². The summed E-state index contributed by atoms with van der Waals surface area (Å²) in [5.41, 5.74) is 1.91. The molecule has 0 radical (unpaired) electrons. The van der Waals surface area contributed by atoms with Crippen LogP contribution in [0.4, 0.5) is 0 Å². The van der Waals surface area contributed by atoms with Crippen LogP contribution in [0.25, 0.3) is 22.1 Å². The lowest BCUT2D eigenvalue weighted by atomic mass is 9.97. The van der Waals surface area contributed by atoms with Gasteiger partial charge in [-0.25, -0.2) is 0 Å². The topological polar surface area (TPSA) is 89.2 Å². The molecule has 0 aliphatic carbocycles. The van der Waals surface area contributed by atoms with Gasteiger partial charge in [-0.1, -0.05) is 12.1 Å². The predicted octanol–water partition coefficient (Wildman–Crippen LogP) is 3.95. The van der Waals surface area contributed by atoms with Crippen LogP contribution in [-0.4, -0.2) is 42.8 Å². The first-order valence-corrected chi connectivity index (χ1v) is 10.8. The van der Waals surface area contributed by atoms with Crippen LogP contribution >= 0.6 is 0 Å². The second kappa shape index (κ2) is 9.44. The third-order valence-electron chi connectivity index (χ3n) is 5.93. The second-order valence-corrected chi connectivity index (χ2v) is 7.97. The quantitative estimate of drug-likeness (QED) is 0.584. The van der Waals surface area contributed by atoms with Crippen LogP contribution < -0.4 is 10.2 Å². The van der Waals surface area contributed by atoms with E-state index in [4.69, 9.17) is 13.9 Å². The fourth-order valence-electron chi connectivity index (χ4n) is 4.25. The van der Waals surface area contributed by atoms with E-state index in [-0.39, 0.29) is 23.1 Å². The fraction of sp³-hybridized carbons (Fsp3) is 0.360. The summed E-state index contributed by atoms with van der Waals surface area (Å²) in [6.45, 7) is 3.88. The lowest BCUT2D eigenvalue weighted by Gasteiger charge is -2.31. The summed E-state index contributed by atoms with van der Waals surface area (Å²) in [6, 6.07) is 10.3. The standard InChI is InChI=1S/C25H27NO6/c1-3-31-25(29)17-5-4-12-26(13-17)14-20-22(27)11-10-19-23(28)21(15-32-24(19)20)16-6-8-18(30-2)9-7-16/h6-11,15,17,27H,3-5,12-14H2,1-2H3/t17-/m1/s1. The molecule has 0 bridgehead atoms. The van der Waals surface area contributed by atoms with Crippen LogP contribution in [0.1, 0.15) is 25.3 Å². The molecule has 0 unspecified atom stereocenters. The zero-order valence-corrected chi connectivity index (χ0v) is 18.3. The number of phenolic OH excluding ortho intramolecular Hbond substituents is 1. The number of nitrogens with zero attached hydrogens (tertiary/aromatic N) is 1. The van der Waals surface area contributed by atoms with Gasteiger partial charge in [0.1, 0.15) is 23.3 Å². The molecular weight excluding hydrogens is 410 g/mol.